The Hall–Kier alpha value is -1.46. The van der Waals surface area contributed by atoms with E-state index < -0.39 is 0 Å². The van der Waals surface area contributed by atoms with Crippen molar-refractivity contribution in [3.63, 3.8) is 0 Å². The van der Waals surface area contributed by atoms with Crippen LogP contribution in [-0.2, 0) is 0 Å². The van der Waals surface area contributed by atoms with Crippen molar-refractivity contribution < 1.29 is 10.3 Å². The van der Waals surface area contributed by atoms with Crippen molar-refractivity contribution in [3.05, 3.63) is 28.8 Å². The number of halogens is 1. The third-order valence-electron chi connectivity index (χ3n) is 3.15. The first-order valence-electron chi connectivity index (χ1n) is 5.82. The van der Waals surface area contributed by atoms with Crippen LogP contribution in [-0.4, -0.2) is 35.3 Å². The molecule has 1 aromatic rings. The Morgan fingerprint density at radius 2 is 2.06 bits per heavy atom. The summed E-state index contributed by atoms with van der Waals surface area (Å²) >= 11 is 5.99. The predicted molar refractivity (Wildman–Crippen MR) is 71.4 cm³/mol. The fourth-order valence-corrected chi connectivity index (χ4v) is 2.31. The molecule has 5 nitrogen and oxygen atoms in total. The monoisotopic (exact) mass is 269 g/mol. The highest BCUT2D eigenvalue weighted by atomic mass is 35.5. The predicted octanol–water partition coefficient (Wildman–Crippen LogP) is 1.40. The fourth-order valence-electron chi connectivity index (χ4n) is 2.14. The molecule has 0 aliphatic carbocycles. The number of piperidine rings is 1. The van der Waals surface area contributed by atoms with E-state index in [9.17, 15) is 5.11 Å². The molecule has 0 amide bonds. The van der Waals surface area contributed by atoms with Gasteiger partial charge in [-0.25, -0.2) is 0 Å². The topological polar surface area (TPSA) is 82.1 Å². The molecule has 0 saturated carbocycles. The molecule has 1 saturated heterocycles. The van der Waals surface area contributed by atoms with Crippen LogP contribution in [0.25, 0.3) is 0 Å². The van der Waals surface area contributed by atoms with Gasteiger partial charge in [0, 0.05) is 29.4 Å². The summed E-state index contributed by atoms with van der Waals surface area (Å²) in [6.45, 7) is 1.46. The molecule has 0 radical (unpaired) electrons. The van der Waals surface area contributed by atoms with E-state index in [4.69, 9.17) is 22.5 Å². The minimum atomic E-state index is -0.243. The summed E-state index contributed by atoms with van der Waals surface area (Å²) in [5.41, 5.74) is 7.15. The van der Waals surface area contributed by atoms with Crippen LogP contribution in [0.15, 0.2) is 23.4 Å². The zero-order valence-electron chi connectivity index (χ0n) is 9.88. The molecule has 1 fully saturated rings. The highest BCUT2D eigenvalue weighted by Crippen LogP contribution is 2.27. The van der Waals surface area contributed by atoms with Gasteiger partial charge in [-0.15, -0.1) is 0 Å². The maximum atomic E-state index is 9.51. The number of nitrogens with two attached hydrogens (primary N) is 1. The van der Waals surface area contributed by atoms with Crippen molar-refractivity contribution in [3.8, 4) is 0 Å². The summed E-state index contributed by atoms with van der Waals surface area (Å²) in [5.74, 6) is 0.0628. The molecule has 6 heteroatoms. The number of amidine groups is 1. The second-order valence-corrected chi connectivity index (χ2v) is 4.80. The lowest BCUT2D eigenvalue weighted by molar-refractivity contribution is 0.145. The Balaban J connectivity index is 2.33. The lowest BCUT2D eigenvalue weighted by Crippen LogP contribution is -2.37. The van der Waals surface area contributed by atoms with Crippen molar-refractivity contribution in [1.29, 1.82) is 0 Å². The van der Waals surface area contributed by atoms with E-state index in [1.807, 2.05) is 0 Å². The largest absolute Gasteiger partial charge is 0.409 e. The van der Waals surface area contributed by atoms with Crippen LogP contribution in [0.1, 0.15) is 18.4 Å². The van der Waals surface area contributed by atoms with Crippen molar-refractivity contribution >= 4 is 23.1 Å². The molecule has 0 unspecified atom stereocenters. The van der Waals surface area contributed by atoms with Gasteiger partial charge in [0.15, 0.2) is 5.84 Å². The SMILES string of the molecule is NC(=NO)c1ccc(Cl)cc1N1CCC(O)CC1. The highest BCUT2D eigenvalue weighted by molar-refractivity contribution is 6.31. The lowest BCUT2D eigenvalue weighted by atomic mass is 10.0. The van der Waals surface area contributed by atoms with E-state index in [0.29, 0.717) is 23.4 Å². The number of rotatable bonds is 2. The van der Waals surface area contributed by atoms with E-state index in [-0.39, 0.29) is 11.9 Å². The maximum absolute atomic E-state index is 9.51. The summed E-state index contributed by atoms with van der Waals surface area (Å²) < 4.78 is 0. The van der Waals surface area contributed by atoms with E-state index in [1.54, 1.807) is 18.2 Å². The molecular weight excluding hydrogens is 254 g/mol. The highest BCUT2D eigenvalue weighted by Gasteiger charge is 2.20. The number of benzene rings is 1. The zero-order chi connectivity index (χ0) is 13.1. The summed E-state index contributed by atoms with van der Waals surface area (Å²) in [6, 6.07) is 5.24. The normalized spacial score (nSPS) is 18.1. The van der Waals surface area contributed by atoms with Gasteiger partial charge in [0.2, 0.25) is 0 Å². The number of nitrogens with zero attached hydrogens (tertiary/aromatic N) is 2. The number of oxime groups is 1. The summed E-state index contributed by atoms with van der Waals surface area (Å²) in [4.78, 5) is 2.09. The van der Waals surface area contributed by atoms with Gasteiger partial charge in [0.25, 0.3) is 0 Å². The first kappa shape index (κ1) is 13.0. The van der Waals surface area contributed by atoms with E-state index >= 15 is 0 Å². The molecule has 4 N–H and O–H groups in total. The van der Waals surface area contributed by atoms with Gasteiger partial charge in [-0.1, -0.05) is 16.8 Å². The van der Waals surface area contributed by atoms with Gasteiger partial charge in [-0.3, -0.25) is 0 Å². The molecule has 98 valence electrons. The number of aliphatic hydroxyl groups excluding tert-OH is 1. The van der Waals surface area contributed by atoms with Crippen LogP contribution >= 0.6 is 11.6 Å². The number of aliphatic hydroxyl groups is 1. The Morgan fingerprint density at radius 1 is 1.39 bits per heavy atom. The first-order chi connectivity index (χ1) is 8.61. The van der Waals surface area contributed by atoms with Gasteiger partial charge < -0.3 is 20.9 Å². The quantitative estimate of drug-likeness (QED) is 0.328. The maximum Gasteiger partial charge on any atom is 0.172 e. The second kappa shape index (κ2) is 5.46. The molecule has 1 aliphatic rings. The zero-order valence-corrected chi connectivity index (χ0v) is 10.6. The Kier molecular flexibility index (Phi) is 3.93. The van der Waals surface area contributed by atoms with Crippen molar-refractivity contribution in [2.75, 3.05) is 18.0 Å². The van der Waals surface area contributed by atoms with Crippen LogP contribution in [0.2, 0.25) is 5.02 Å². The second-order valence-electron chi connectivity index (χ2n) is 4.36. The van der Waals surface area contributed by atoms with E-state index in [2.05, 4.69) is 10.1 Å². The van der Waals surface area contributed by atoms with Gasteiger partial charge >= 0.3 is 0 Å². The molecule has 0 aromatic heterocycles. The van der Waals surface area contributed by atoms with Gasteiger partial charge in [-0.05, 0) is 31.0 Å². The minimum Gasteiger partial charge on any atom is -0.409 e. The van der Waals surface area contributed by atoms with Crippen molar-refractivity contribution in [1.82, 2.24) is 0 Å². The number of anilines is 1. The third-order valence-corrected chi connectivity index (χ3v) is 3.38. The smallest absolute Gasteiger partial charge is 0.172 e. The molecule has 0 atom stereocenters. The summed E-state index contributed by atoms with van der Waals surface area (Å²) in [7, 11) is 0. The van der Waals surface area contributed by atoms with Crippen LogP contribution in [0.4, 0.5) is 5.69 Å². The average Bonchev–Trinajstić information content (AvgIpc) is 2.38. The van der Waals surface area contributed by atoms with Gasteiger partial charge in [0.1, 0.15) is 0 Å². The van der Waals surface area contributed by atoms with Crippen LogP contribution < -0.4 is 10.6 Å². The molecule has 0 spiro atoms. The fraction of sp³-hybridized carbons (Fsp3) is 0.417. The Labute approximate surface area is 110 Å². The average molecular weight is 270 g/mol. The van der Waals surface area contributed by atoms with E-state index in [1.165, 1.54) is 0 Å². The van der Waals surface area contributed by atoms with Gasteiger partial charge in [0.05, 0.1) is 6.10 Å². The molecule has 18 heavy (non-hydrogen) atoms. The Morgan fingerprint density at radius 3 is 2.67 bits per heavy atom. The number of hydrogen-bond donors (Lipinski definition) is 3. The third kappa shape index (κ3) is 2.68. The van der Waals surface area contributed by atoms with Crippen LogP contribution in [0, 0.1) is 0 Å². The van der Waals surface area contributed by atoms with Crippen LogP contribution in [0.5, 0.6) is 0 Å². The molecule has 0 bridgehead atoms. The standard InChI is InChI=1S/C12H16ClN3O2/c13-8-1-2-10(12(14)15-18)11(7-8)16-5-3-9(17)4-6-16/h1-2,7,9,17-18H,3-6H2,(H2,14,15). The Bertz CT molecular complexity index is 457. The van der Waals surface area contributed by atoms with E-state index in [0.717, 1.165) is 18.8 Å². The van der Waals surface area contributed by atoms with Crippen molar-refractivity contribution in [2.45, 2.75) is 18.9 Å². The molecule has 1 aromatic carbocycles. The molecular formula is C12H16ClN3O2. The van der Waals surface area contributed by atoms with Crippen molar-refractivity contribution in [2.24, 2.45) is 10.9 Å². The number of hydrogen-bond acceptors (Lipinski definition) is 4. The summed E-state index contributed by atoms with van der Waals surface area (Å²) in [5, 5.41) is 21.9. The first-order valence-corrected chi connectivity index (χ1v) is 6.20. The minimum absolute atomic E-state index is 0.0628. The molecule has 1 aliphatic heterocycles. The summed E-state index contributed by atoms with van der Waals surface area (Å²) in [6.07, 6.45) is 1.18. The van der Waals surface area contributed by atoms with Crippen LogP contribution in [0.3, 0.4) is 0 Å². The van der Waals surface area contributed by atoms with Gasteiger partial charge in [-0.2, -0.15) is 0 Å². The molecule has 1 heterocycles. The molecule has 2 rings (SSSR count). The lowest BCUT2D eigenvalue weighted by Gasteiger charge is -2.32.